The quantitative estimate of drug-likeness (QED) is 0.0858. The van der Waals surface area contributed by atoms with Gasteiger partial charge in [-0.05, 0) is 0 Å². The molecular weight excluding hydrogens is 546 g/mol. The number of unbranched alkanes of at least 4 members (excludes halogenated alkanes) is 3. The minimum atomic E-state index is -2.78. The van der Waals surface area contributed by atoms with Gasteiger partial charge in [0.15, 0.2) is 0 Å². The molecule has 0 bridgehead atoms. The third-order valence-corrected chi connectivity index (χ3v) is 22.1. The van der Waals surface area contributed by atoms with Gasteiger partial charge in [-0.1, -0.05) is 0 Å². The molecule has 0 N–H and O–H groups in total. The average Bonchev–Trinajstić information content (AvgIpc) is 2.87. The molecule has 0 saturated heterocycles. The van der Waals surface area contributed by atoms with Crippen molar-refractivity contribution in [3.8, 4) is 11.5 Å². The van der Waals surface area contributed by atoms with Crippen molar-refractivity contribution in [1.82, 2.24) is 0 Å². The minimum absolute atomic E-state index is 0.119. The van der Waals surface area contributed by atoms with E-state index in [9.17, 15) is 9.18 Å². The fourth-order valence-electron chi connectivity index (χ4n) is 4.67. The van der Waals surface area contributed by atoms with E-state index in [0.717, 1.165) is 16.9 Å². The van der Waals surface area contributed by atoms with E-state index in [2.05, 4.69) is 51.1 Å². The zero-order chi connectivity index (χ0) is 25.5. The van der Waals surface area contributed by atoms with E-state index in [-0.39, 0.29) is 12.6 Å². The van der Waals surface area contributed by atoms with Crippen LogP contribution in [-0.4, -0.2) is 37.6 Å². The number of esters is 1. The van der Waals surface area contributed by atoms with Crippen LogP contribution in [0, 0.1) is 0 Å². The third-order valence-electron chi connectivity index (χ3n) is 6.55. The van der Waals surface area contributed by atoms with Crippen LogP contribution >= 0.6 is 0 Å². The van der Waals surface area contributed by atoms with Crippen molar-refractivity contribution in [2.45, 2.75) is 79.5 Å². The predicted molar refractivity (Wildman–Crippen MR) is 149 cm³/mol. The van der Waals surface area contributed by atoms with E-state index < -0.39 is 25.1 Å². The Morgan fingerprint density at radius 3 is 1.91 bits per heavy atom. The fraction of sp³-hybridized carbons (Fsp3) is 0.500. The Bertz CT molecular complexity index is 902. The Morgan fingerprint density at radius 2 is 1.40 bits per heavy atom. The van der Waals surface area contributed by atoms with Crippen molar-refractivity contribution in [3.63, 3.8) is 0 Å². The molecule has 0 fully saturated rings. The molecule has 0 heterocycles. The maximum absolute atomic E-state index is 13.1. The molecule has 0 atom stereocenters. The summed E-state index contributed by atoms with van der Waals surface area (Å²) < 4.78 is 29.6. The number of carbonyl (C=O) groups is 1. The zero-order valence-electron chi connectivity index (χ0n) is 22.1. The summed E-state index contributed by atoms with van der Waals surface area (Å²) in [4.78, 5) is 11.2. The van der Waals surface area contributed by atoms with Gasteiger partial charge in [-0.25, -0.2) is 0 Å². The van der Waals surface area contributed by atoms with E-state index in [1.54, 1.807) is 0 Å². The van der Waals surface area contributed by atoms with Gasteiger partial charge >= 0.3 is 217 Å². The van der Waals surface area contributed by atoms with Gasteiger partial charge in [-0.15, -0.1) is 0 Å². The second-order valence-electron chi connectivity index (χ2n) is 9.38. The Morgan fingerprint density at radius 1 is 0.857 bits per heavy atom. The summed E-state index contributed by atoms with van der Waals surface area (Å²) >= 11 is -2.78. The van der Waals surface area contributed by atoms with E-state index in [0.29, 0.717) is 5.75 Å². The van der Waals surface area contributed by atoms with Crippen molar-refractivity contribution in [1.29, 1.82) is 0 Å². The van der Waals surface area contributed by atoms with Crippen LogP contribution in [0.25, 0.3) is 12.2 Å². The van der Waals surface area contributed by atoms with Gasteiger partial charge in [0.25, 0.3) is 0 Å². The Hall–Kier alpha value is -1.82. The molecule has 3 nitrogen and oxygen atoms in total. The molecule has 0 aromatic heterocycles. The Balaban J connectivity index is 2.45. The monoisotopic (exact) mass is 590 g/mol. The number of alkyl halides is 1. The molecule has 0 unspecified atom stereocenters. The van der Waals surface area contributed by atoms with Crippen molar-refractivity contribution in [2.75, 3.05) is 13.3 Å². The third kappa shape index (κ3) is 9.63. The van der Waals surface area contributed by atoms with Gasteiger partial charge in [-0.2, -0.15) is 0 Å². The van der Waals surface area contributed by atoms with Crippen LogP contribution in [0.5, 0.6) is 11.5 Å². The van der Waals surface area contributed by atoms with Crippen LogP contribution in [0.15, 0.2) is 42.5 Å². The van der Waals surface area contributed by atoms with Crippen LogP contribution in [-0.2, 0) is 4.79 Å². The van der Waals surface area contributed by atoms with Gasteiger partial charge in [0.05, 0.1) is 0 Å². The zero-order valence-corrected chi connectivity index (χ0v) is 24.9. The van der Waals surface area contributed by atoms with Crippen LogP contribution in [0.2, 0.25) is 13.3 Å². The van der Waals surface area contributed by atoms with Crippen LogP contribution in [0.4, 0.5) is 4.39 Å². The van der Waals surface area contributed by atoms with Gasteiger partial charge < -0.3 is 0 Å². The molecule has 192 valence electrons. The van der Waals surface area contributed by atoms with Gasteiger partial charge in [-0.3, -0.25) is 0 Å². The summed E-state index contributed by atoms with van der Waals surface area (Å²) in [5.74, 6) is 1.15. The normalized spacial score (nSPS) is 11.7. The first kappa shape index (κ1) is 29.4. The predicted octanol–water partition coefficient (Wildman–Crippen LogP) is 8.19. The number of hydrogen-bond acceptors (Lipinski definition) is 3. The Labute approximate surface area is 216 Å². The first-order valence-corrected chi connectivity index (χ1v) is 20.8. The molecule has 0 aliphatic carbocycles. The van der Waals surface area contributed by atoms with Gasteiger partial charge in [0.1, 0.15) is 0 Å². The molecular formula is C30H43FO3Sn. The second-order valence-corrected chi connectivity index (χ2v) is 22.5. The topological polar surface area (TPSA) is 35.5 Å². The molecule has 5 heteroatoms. The number of hydrogen-bond donors (Lipinski definition) is 0. The Kier molecular flexibility index (Phi) is 13.5. The number of benzene rings is 2. The standard InChI is InChI=1S/C18H16FO3.3C4H9.Sn/c1-14(20)22-18-10-6-16(7-11-18)3-2-15-4-8-17(9-5-15)21-13-12-19;3*1-3-4-2;/h2-8,10-11H,12-13H2,1H3;3*1,3-4H2,2H3;/b3-2+;;;;. The van der Waals surface area contributed by atoms with Crippen LogP contribution in [0.3, 0.4) is 0 Å². The molecule has 0 spiro atoms. The molecule has 0 radical (unpaired) electrons. The molecule has 35 heavy (non-hydrogen) atoms. The van der Waals surface area contributed by atoms with E-state index >= 15 is 0 Å². The first-order chi connectivity index (χ1) is 17.0. The van der Waals surface area contributed by atoms with E-state index in [1.807, 2.05) is 24.3 Å². The summed E-state index contributed by atoms with van der Waals surface area (Å²) in [6, 6.07) is 14.0. The van der Waals surface area contributed by atoms with Crippen molar-refractivity contribution < 1.29 is 18.7 Å². The van der Waals surface area contributed by atoms with E-state index in [4.69, 9.17) is 9.47 Å². The maximum atomic E-state index is 13.1. The SMILES string of the molecule is CCC[CH2][Sn]([CH2]CCC)([CH2]CCC)[c]1cc(/C=C/c2ccc(OC(C)=O)cc2)ccc1OCCF. The van der Waals surface area contributed by atoms with E-state index in [1.165, 1.54) is 62.3 Å². The fourth-order valence-corrected chi connectivity index (χ4v) is 21.2. The molecule has 0 aliphatic rings. The number of carbonyl (C=O) groups excluding carboxylic acids is 1. The average molecular weight is 589 g/mol. The summed E-state index contributed by atoms with van der Waals surface area (Å²) in [6.45, 7) is 7.90. The summed E-state index contributed by atoms with van der Waals surface area (Å²) in [5.41, 5.74) is 2.19. The number of ether oxygens (including phenoxy) is 2. The van der Waals surface area contributed by atoms with Crippen molar-refractivity contribution >= 4 is 40.1 Å². The number of halogens is 1. The van der Waals surface area contributed by atoms with Crippen LogP contribution in [0.1, 0.15) is 77.3 Å². The molecule has 2 aromatic carbocycles. The van der Waals surface area contributed by atoms with Crippen LogP contribution < -0.4 is 13.1 Å². The van der Waals surface area contributed by atoms with Crippen molar-refractivity contribution in [2.24, 2.45) is 0 Å². The molecule has 0 amide bonds. The molecule has 0 aliphatic heterocycles. The van der Waals surface area contributed by atoms with Gasteiger partial charge in [0, 0.05) is 0 Å². The first-order valence-electron chi connectivity index (χ1n) is 13.3. The number of rotatable bonds is 16. The summed E-state index contributed by atoms with van der Waals surface area (Å²) in [7, 11) is 0. The second kappa shape index (κ2) is 16.0. The molecule has 0 saturated carbocycles. The van der Waals surface area contributed by atoms with Gasteiger partial charge in [0.2, 0.25) is 0 Å². The summed E-state index contributed by atoms with van der Waals surface area (Å²) in [6.07, 6.45) is 11.6. The molecule has 2 rings (SSSR count). The molecule has 2 aromatic rings. The summed E-state index contributed by atoms with van der Waals surface area (Å²) in [5, 5.41) is 0. The van der Waals surface area contributed by atoms with Crippen molar-refractivity contribution in [3.05, 3.63) is 53.6 Å².